The Balaban J connectivity index is 2.62. The maximum atomic E-state index is 12.5. The van der Waals surface area contributed by atoms with E-state index in [2.05, 4.69) is 44.8 Å². The summed E-state index contributed by atoms with van der Waals surface area (Å²) in [6.45, 7) is 15.3. The van der Waals surface area contributed by atoms with Crippen LogP contribution in [0, 0.1) is 5.92 Å². The highest BCUT2D eigenvalue weighted by atomic mass is 16.2. The maximum absolute atomic E-state index is 12.5. The van der Waals surface area contributed by atoms with Gasteiger partial charge in [0, 0.05) is 32.2 Å². The van der Waals surface area contributed by atoms with Crippen LogP contribution in [0.2, 0.25) is 0 Å². The van der Waals surface area contributed by atoms with Crippen molar-refractivity contribution in [3.05, 3.63) is 0 Å². The molecular weight excluding hydrogens is 250 g/mol. The lowest BCUT2D eigenvalue weighted by atomic mass is 9.89. The molecule has 3 atom stereocenters. The first kappa shape index (κ1) is 17.4. The van der Waals surface area contributed by atoms with Crippen molar-refractivity contribution >= 4 is 5.91 Å². The number of piperidine rings is 1. The van der Waals surface area contributed by atoms with Gasteiger partial charge in [-0.15, -0.1) is 0 Å². The predicted molar refractivity (Wildman–Crippen MR) is 84.8 cm³/mol. The highest BCUT2D eigenvalue weighted by molar-refractivity contribution is 5.81. The molecule has 0 aromatic rings. The molecule has 0 aromatic carbocycles. The van der Waals surface area contributed by atoms with E-state index in [0.29, 0.717) is 12.0 Å². The van der Waals surface area contributed by atoms with Crippen LogP contribution < -0.4 is 5.32 Å². The average Bonchev–Trinajstić information content (AvgIpc) is 2.48. The van der Waals surface area contributed by atoms with Crippen LogP contribution in [0.5, 0.6) is 0 Å². The zero-order valence-electron chi connectivity index (χ0n) is 14.0. The number of hydrogen-bond donors (Lipinski definition) is 1. The largest absolute Gasteiger partial charge is 0.342 e. The molecule has 1 heterocycles. The number of likely N-dealkylation sites (tertiary alicyclic amines) is 1. The Morgan fingerprint density at radius 3 is 2.45 bits per heavy atom. The van der Waals surface area contributed by atoms with Gasteiger partial charge in [0.25, 0.3) is 0 Å². The number of carbonyl (C=O) groups excluding carboxylic acids is 1. The fourth-order valence-electron chi connectivity index (χ4n) is 3.31. The number of amides is 1. The lowest BCUT2D eigenvalue weighted by Crippen LogP contribution is -2.55. The van der Waals surface area contributed by atoms with E-state index in [1.165, 1.54) is 6.42 Å². The fourth-order valence-corrected chi connectivity index (χ4v) is 3.31. The molecule has 118 valence electrons. The van der Waals surface area contributed by atoms with Gasteiger partial charge in [0.2, 0.25) is 5.91 Å². The summed E-state index contributed by atoms with van der Waals surface area (Å²) >= 11 is 0. The number of nitrogens with zero attached hydrogens (tertiary/aromatic N) is 2. The van der Waals surface area contributed by atoms with E-state index in [1.54, 1.807) is 0 Å². The van der Waals surface area contributed by atoms with Crippen molar-refractivity contribution in [3.63, 3.8) is 0 Å². The third-order valence-electron chi connectivity index (χ3n) is 4.74. The molecule has 0 aliphatic carbocycles. The average molecular weight is 283 g/mol. The Hall–Kier alpha value is -0.610. The van der Waals surface area contributed by atoms with Crippen molar-refractivity contribution in [2.75, 3.05) is 32.7 Å². The monoisotopic (exact) mass is 283 g/mol. The van der Waals surface area contributed by atoms with Gasteiger partial charge in [0.15, 0.2) is 0 Å². The van der Waals surface area contributed by atoms with Crippen molar-refractivity contribution in [2.45, 2.75) is 59.5 Å². The molecule has 1 amide bonds. The fraction of sp³-hybridized carbons (Fsp3) is 0.938. The molecule has 1 rings (SSSR count). The summed E-state index contributed by atoms with van der Waals surface area (Å²) in [6.07, 6.45) is 2.34. The zero-order valence-corrected chi connectivity index (χ0v) is 14.0. The Kier molecular flexibility index (Phi) is 7.52. The molecule has 1 aliphatic heterocycles. The first-order chi connectivity index (χ1) is 9.58. The molecule has 0 radical (unpaired) electrons. The third kappa shape index (κ3) is 4.19. The van der Waals surface area contributed by atoms with Gasteiger partial charge >= 0.3 is 0 Å². The molecular formula is C16H33N3O. The van der Waals surface area contributed by atoms with E-state index in [0.717, 1.165) is 39.1 Å². The first-order valence-corrected chi connectivity index (χ1v) is 8.35. The van der Waals surface area contributed by atoms with Crippen molar-refractivity contribution in [2.24, 2.45) is 5.92 Å². The van der Waals surface area contributed by atoms with Crippen LogP contribution in [0.1, 0.15) is 47.5 Å². The summed E-state index contributed by atoms with van der Waals surface area (Å²) in [5, 5.41) is 3.60. The van der Waals surface area contributed by atoms with E-state index in [4.69, 9.17) is 0 Å². The second-order valence-corrected chi connectivity index (χ2v) is 5.80. The lowest BCUT2D eigenvalue weighted by Gasteiger charge is -2.41. The minimum Gasteiger partial charge on any atom is -0.342 e. The Labute approximate surface area is 124 Å². The summed E-state index contributed by atoms with van der Waals surface area (Å²) in [7, 11) is 0. The molecule has 4 nitrogen and oxygen atoms in total. The van der Waals surface area contributed by atoms with Gasteiger partial charge in [-0.25, -0.2) is 0 Å². The lowest BCUT2D eigenvalue weighted by molar-refractivity contribution is -0.137. The summed E-state index contributed by atoms with van der Waals surface area (Å²) in [5.74, 6) is 0.947. The molecule has 0 spiro atoms. The van der Waals surface area contributed by atoms with Gasteiger partial charge in [-0.2, -0.15) is 0 Å². The van der Waals surface area contributed by atoms with Crippen LogP contribution >= 0.6 is 0 Å². The highest BCUT2D eigenvalue weighted by Gasteiger charge is 2.32. The van der Waals surface area contributed by atoms with Crippen molar-refractivity contribution < 1.29 is 4.79 Å². The molecule has 0 aromatic heterocycles. The first-order valence-electron chi connectivity index (χ1n) is 8.35. The second kappa shape index (κ2) is 8.63. The molecule has 1 aliphatic rings. The Morgan fingerprint density at radius 1 is 1.30 bits per heavy atom. The summed E-state index contributed by atoms with van der Waals surface area (Å²) in [4.78, 5) is 16.8. The van der Waals surface area contributed by atoms with Crippen molar-refractivity contribution in [1.29, 1.82) is 0 Å². The SMILES string of the molecule is CCNC1CCN(C(C)C(=O)N(CC)CC)CC1CC. The molecule has 1 saturated heterocycles. The number of carbonyl (C=O) groups is 1. The molecule has 1 N–H and O–H groups in total. The Morgan fingerprint density at radius 2 is 1.95 bits per heavy atom. The minimum absolute atomic E-state index is 0.0199. The van der Waals surface area contributed by atoms with Crippen molar-refractivity contribution in [3.8, 4) is 0 Å². The quantitative estimate of drug-likeness (QED) is 0.776. The molecule has 0 saturated carbocycles. The minimum atomic E-state index is 0.0199. The predicted octanol–water partition coefficient (Wildman–Crippen LogP) is 1.95. The Bertz CT molecular complexity index is 291. The molecule has 4 heteroatoms. The topological polar surface area (TPSA) is 35.6 Å². The van der Waals surface area contributed by atoms with Gasteiger partial charge in [0.1, 0.15) is 0 Å². The number of rotatable bonds is 7. The summed E-state index contributed by atoms with van der Waals surface area (Å²) < 4.78 is 0. The van der Waals surface area contributed by atoms with Crippen LogP contribution in [-0.4, -0.2) is 60.5 Å². The van der Waals surface area contributed by atoms with Crippen LogP contribution in [0.4, 0.5) is 0 Å². The molecule has 1 fully saturated rings. The van der Waals surface area contributed by atoms with E-state index in [9.17, 15) is 4.79 Å². The normalized spacial score (nSPS) is 25.4. The molecule has 0 bridgehead atoms. The third-order valence-corrected chi connectivity index (χ3v) is 4.74. The zero-order chi connectivity index (χ0) is 15.1. The van der Waals surface area contributed by atoms with Gasteiger partial charge < -0.3 is 10.2 Å². The summed E-state index contributed by atoms with van der Waals surface area (Å²) in [5.41, 5.74) is 0. The number of likely N-dealkylation sites (N-methyl/N-ethyl adjacent to an activating group) is 1. The number of nitrogens with one attached hydrogen (secondary N) is 1. The second-order valence-electron chi connectivity index (χ2n) is 5.80. The maximum Gasteiger partial charge on any atom is 0.239 e. The van der Waals surface area contributed by atoms with E-state index in [1.807, 2.05) is 4.90 Å². The van der Waals surface area contributed by atoms with E-state index >= 15 is 0 Å². The number of hydrogen-bond acceptors (Lipinski definition) is 3. The van der Waals surface area contributed by atoms with Gasteiger partial charge in [-0.05, 0) is 39.7 Å². The molecule has 20 heavy (non-hydrogen) atoms. The summed E-state index contributed by atoms with van der Waals surface area (Å²) in [6, 6.07) is 0.642. The van der Waals surface area contributed by atoms with Crippen LogP contribution in [-0.2, 0) is 4.79 Å². The van der Waals surface area contributed by atoms with Crippen molar-refractivity contribution in [1.82, 2.24) is 15.1 Å². The smallest absolute Gasteiger partial charge is 0.239 e. The van der Waals surface area contributed by atoms with E-state index in [-0.39, 0.29) is 11.9 Å². The van der Waals surface area contributed by atoms with Gasteiger partial charge in [-0.3, -0.25) is 9.69 Å². The molecule has 3 unspecified atom stereocenters. The van der Waals surface area contributed by atoms with Crippen LogP contribution in [0.3, 0.4) is 0 Å². The van der Waals surface area contributed by atoms with E-state index < -0.39 is 0 Å². The standard InChI is InChI=1S/C16H33N3O/c1-6-14-12-19(11-10-15(14)17-7-2)13(5)16(20)18(8-3)9-4/h13-15,17H,6-12H2,1-5H3. The highest BCUT2D eigenvalue weighted by Crippen LogP contribution is 2.22. The van der Waals surface area contributed by atoms with Gasteiger partial charge in [-0.1, -0.05) is 20.3 Å². The van der Waals surface area contributed by atoms with Gasteiger partial charge in [0.05, 0.1) is 6.04 Å². The van der Waals surface area contributed by atoms with Crippen LogP contribution in [0.15, 0.2) is 0 Å². The van der Waals surface area contributed by atoms with Crippen LogP contribution in [0.25, 0.3) is 0 Å².